The van der Waals surface area contributed by atoms with Gasteiger partial charge >= 0.3 is 11.9 Å². The molecule has 10 nitrogen and oxygen atoms in total. The number of unbranched alkanes of at least 4 members (excludes halogenated alkanes) is 2. The molecule has 242 valence electrons. The Labute approximate surface area is 266 Å². The van der Waals surface area contributed by atoms with Crippen LogP contribution in [0.15, 0.2) is 54.7 Å². The van der Waals surface area contributed by atoms with Gasteiger partial charge in [-0.25, -0.2) is 14.6 Å². The Balaban J connectivity index is 1.72. The summed E-state index contributed by atoms with van der Waals surface area (Å²) in [6.07, 6.45) is 5.62. The van der Waals surface area contributed by atoms with Crippen molar-refractivity contribution in [3.8, 4) is 11.4 Å². The predicted molar refractivity (Wildman–Crippen MR) is 174 cm³/mol. The largest absolute Gasteiger partial charge is 0.465 e. The normalized spacial score (nSPS) is 13.9. The van der Waals surface area contributed by atoms with Gasteiger partial charge in [0.1, 0.15) is 18.1 Å². The molecule has 1 aromatic heterocycles. The second-order valence-electron chi connectivity index (χ2n) is 11.6. The molecule has 10 heteroatoms. The number of rotatable bonds is 15. The second-order valence-corrected chi connectivity index (χ2v) is 11.6. The van der Waals surface area contributed by atoms with Gasteiger partial charge in [0.15, 0.2) is 0 Å². The monoisotopic (exact) mass is 617 g/mol. The maximum Gasteiger partial charge on any atom is 0.339 e. The number of esters is 2. The zero-order valence-electron chi connectivity index (χ0n) is 27.2. The minimum absolute atomic E-state index is 0.0764. The van der Waals surface area contributed by atoms with Crippen LogP contribution in [0.4, 0.5) is 0 Å². The summed E-state index contributed by atoms with van der Waals surface area (Å²) in [5.41, 5.74) is 2.10. The molecule has 0 N–H and O–H groups in total. The molecule has 0 aliphatic carbocycles. The third kappa shape index (κ3) is 9.25. The molecule has 0 atom stereocenters. The van der Waals surface area contributed by atoms with Crippen LogP contribution in [-0.4, -0.2) is 102 Å². The summed E-state index contributed by atoms with van der Waals surface area (Å²) >= 11 is 0. The molecule has 2 heterocycles. The Morgan fingerprint density at radius 2 is 1.58 bits per heavy atom. The number of likely N-dealkylation sites (N-methyl/N-ethyl adjacent to an activating group) is 1. The molecule has 0 saturated carbocycles. The van der Waals surface area contributed by atoms with Crippen molar-refractivity contribution < 1.29 is 23.9 Å². The fraction of sp³-hybridized carbons (Fsp3) is 0.486. The molecule has 0 unspecified atom stereocenters. The third-order valence-electron chi connectivity index (χ3n) is 8.21. The van der Waals surface area contributed by atoms with Crippen molar-refractivity contribution in [1.29, 1.82) is 0 Å². The van der Waals surface area contributed by atoms with Crippen molar-refractivity contribution in [2.75, 3.05) is 60.0 Å². The SMILES string of the molecule is CCCCN(CCCC)C(=O)c1cn(CCN2CCN(C)CC2)c(-c2ccc(C(=O)OC)cc2C(=O)OCc2ccccc2)n1. The quantitative estimate of drug-likeness (QED) is 0.220. The number of ether oxygens (including phenoxy) is 2. The number of methoxy groups -OCH3 is 1. The van der Waals surface area contributed by atoms with E-state index in [2.05, 4.69) is 30.7 Å². The molecular formula is C35H47N5O5. The molecule has 2 aromatic carbocycles. The van der Waals surface area contributed by atoms with Crippen molar-refractivity contribution in [2.24, 2.45) is 0 Å². The molecule has 0 bridgehead atoms. The van der Waals surface area contributed by atoms with Gasteiger partial charge in [-0.05, 0) is 43.7 Å². The second kappa shape index (κ2) is 16.9. The van der Waals surface area contributed by atoms with Crippen LogP contribution in [0.25, 0.3) is 11.4 Å². The Bertz CT molecular complexity index is 1410. The fourth-order valence-corrected chi connectivity index (χ4v) is 5.35. The molecule has 45 heavy (non-hydrogen) atoms. The van der Waals surface area contributed by atoms with E-state index in [-0.39, 0.29) is 23.6 Å². The van der Waals surface area contributed by atoms with E-state index in [1.54, 1.807) is 12.1 Å². The molecule has 1 fully saturated rings. The Hall–Kier alpha value is -4.02. The molecule has 0 spiro atoms. The van der Waals surface area contributed by atoms with Gasteiger partial charge in [0.25, 0.3) is 5.91 Å². The summed E-state index contributed by atoms with van der Waals surface area (Å²) in [6, 6.07) is 14.2. The van der Waals surface area contributed by atoms with Crippen LogP contribution in [0.2, 0.25) is 0 Å². The third-order valence-corrected chi connectivity index (χ3v) is 8.21. The fourth-order valence-electron chi connectivity index (χ4n) is 5.35. The molecule has 1 amide bonds. The molecule has 3 aromatic rings. The Morgan fingerprint density at radius 1 is 0.889 bits per heavy atom. The molecule has 1 aliphatic heterocycles. The zero-order chi connectivity index (χ0) is 32.2. The first-order valence-electron chi connectivity index (χ1n) is 16.1. The topological polar surface area (TPSA) is 97.2 Å². The lowest BCUT2D eigenvalue weighted by Crippen LogP contribution is -2.45. The minimum atomic E-state index is -0.589. The van der Waals surface area contributed by atoms with Gasteiger partial charge in [0, 0.05) is 64.1 Å². The lowest BCUT2D eigenvalue weighted by atomic mass is 10.0. The maximum atomic E-state index is 13.8. The number of piperazine rings is 1. The number of benzene rings is 2. The molecule has 4 rings (SSSR count). The predicted octanol–water partition coefficient (Wildman–Crippen LogP) is 4.98. The summed E-state index contributed by atoms with van der Waals surface area (Å²) in [4.78, 5) is 51.4. The van der Waals surface area contributed by atoms with E-state index in [0.717, 1.165) is 64.0 Å². The van der Waals surface area contributed by atoms with Gasteiger partial charge in [-0.3, -0.25) is 9.69 Å². The number of aromatic nitrogens is 2. The summed E-state index contributed by atoms with van der Waals surface area (Å²) < 4.78 is 12.6. The first kappa shape index (κ1) is 33.9. The highest BCUT2D eigenvalue weighted by Gasteiger charge is 2.26. The van der Waals surface area contributed by atoms with Crippen LogP contribution >= 0.6 is 0 Å². The molecule has 1 aliphatic rings. The number of amides is 1. The number of carbonyl (C=O) groups excluding carboxylic acids is 3. The van der Waals surface area contributed by atoms with E-state index < -0.39 is 11.9 Å². The zero-order valence-corrected chi connectivity index (χ0v) is 27.2. The number of nitrogens with zero attached hydrogens (tertiary/aromatic N) is 5. The number of hydrogen-bond acceptors (Lipinski definition) is 8. The number of hydrogen-bond donors (Lipinski definition) is 0. The van der Waals surface area contributed by atoms with E-state index in [9.17, 15) is 14.4 Å². The van der Waals surface area contributed by atoms with Crippen LogP contribution in [0.5, 0.6) is 0 Å². The first-order chi connectivity index (χ1) is 21.8. The number of imidazole rings is 1. The van der Waals surface area contributed by atoms with Crippen LogP contribution in [0.1, 0.15) is 76.3 Å². The first-order valence-corrected chi connectivity index (χ1v) is 16.1. The van der Waals surface area contributed by atoms with E-state index in [4.69, 9.17) is 14.5 Å². The van der Waals surface area contributed by atoms with Crippen LogP contribution in [0.3, 0.4) is 0 Å². The molecule has 1 saturated heterocycles. The molecule has 0 radical (unpaired) electrons. The van der Waals surface area contributed by atoms with E-state index in [1.165, 1.54) is 13.2 Å². The van der Waals surface area contributed by atoms with Gasteiger partial charge in [-0.2, -0.15) is 0 Å². The van der Waals surface area contributed by atoms with Crippen molar-refractivity contribution in [3.63, 3.8) is 0 Å². The highest BCUT2D eigenvalue weighted by Crippen LogP contribution is 2.27. The van der Waals surface area contributed by atoms with Gasteiger partial charge in [0.2, 0.25) is 0 Å². The average Bonchev–Trinajstić information content (AvgIpc) is 3.50. The smallest absolute Gasteiger partial charge is 0.339 e. The van der Waals surface area contributed by atoms with Gasteiger partial charge in [-0.1, -0.05) is 57.0 Å². The summed E-state index contributed by atoms with van der Waals surface area (Å²) in [6.45, 7) is 10.9. The summed E-state index contributed by atoms with van der Waals surface area (Å²) in [5.74, 6) is -0.776. The Kier molecular flexibility index (Phi) is 12.7. The van der Waals surface area contributed by atoms with Crippen molar-refractivity contribution >= 4 is 17.8 Å². The van der Waals surface area contributed by atoms with Gasteiger partial charge in [-0.15, -0.1) is 0 Å². The van der Waals surface area contributed by atoms with E-state index in [1.807, 2.05) is 46.0 Å². The van der Waals surface area contributed by atoms with Gasteiger partial charge in [0.05, 0.1) is 18.2 Å². The summed E-state index contributed by atoms with van der Waals surface area (Å²) in [7, 11) is 3.43. The van der Waals surface area contributed by atoms with Crippen molar-refractivity contribution in [2.45, 2.75) is 52.7 Å². The minimum Gasteiger partial charge on any atom is -0.465 e. The highest BCUT2D eigenvalue weighted by atomic mass is 16.5. The van der Waals surface area contributed by atoms with Crippen molar-refractivity contribution in [1.82, 2.24) is 24.3 Å². The van der Waals surface area contributed by atoms with E-state index in [0.29, 0.717) is 36.7 Å². The lowest BCUT2D eigenvalue weighted by molar-refractivity contribution is 0.0473. The summed E-state index contributed by atoms with van der Waals surface area (Å²) in [5, 5.41) is 0. The van der Waals surface area contributed by atoms with Gasteiger partial charge < -0.3 is 23.8 Å². The van der Waals surface area contributed by atoms with Crippen LogP contribution < -0.4 is 0 Å². The van der Waals surface area contributed by atoms with E-state index >= 15 is 0 Å². The number of carbonyl (C=O) groups is 3. The van der Waals surface area contributed by atoms with Crippen molar-refractivity contribution in [3.05, 3.63) is 77.1 Å². The lowest BCUT2D eigenvalue weighted by Gasteiger charge is -2.32. The Morgan fingerprint density at radius 3 is 2.22 bits per heavy atom. The van der Waals surface area contributed by atoms with Crippen LogP contribution in [-0.2, 0) is 22.6 Å². The average molecular weight is 618 g/mol. The standard InChI is InChI=1S/C35H47N5O5/c1-5-7-16-39(17-8-6-2)33(41)31-25-40(23-22-38-20-18-37(3)19-21-38)32(36-31)29-15-14-28(34(42)44-4)24-30(29)35(43)45-26-27-12-10-9-11-13-27/h9-15,24-25H,5-8,16-23,26H2,1-4H3. The molecular weight excluding hydrogens is 570 g/mol. The van der Waals surface area contributed by atoms with Crippen LogP contribution in [0, 0.1) is 0 Å². The highest BCUT2D eigenvalue weighted by molar-refractivity contribution is 6.01. The maximum absolute atomic E-state index is 13.8.